The highest BCUT2D eigenvalue weighted by molar-refractivity contribution is 7.11. The summed E-state index contributed by atoms with van der Waals surface area (Å²) in [6, 6.07) is 4.19. The molecule has 1 fully saturated rings. The van der Waals surface area contributed by atoms with Crippen molar-refractivity contribution in [1.29, 1.82) is 0 Å². The molecule has 2 N–H and O–H groups in total. The van der Waals surface area contributed by atoms with Crippen LogP contribution in [0.3, 0.4) is 0 Å². The third-order valence-corrected chi connectivity index (χ3v) is 4.03. The molecule has 0 aromatic carbocycles. The van der Waals surface area contributed by atoms with E-state index >= 15 is 0 Å². The van der Waals surface area contributed by atoms with E-state index in [9.17, 15) is 9.59 Å². The number of thiophene rings is 1. The van der Waals surface area contributed by atoms with Crippen LogP contribution in [0.5, 0.6) is 0 Å². The van der Waals surface area contributed by atoms with E-state index in [1.165, 1.54) is 9.75 Å². The molecule has 1 aliphatic heterocycles. The van der Waals surface area contributed by atoms with Gasteiger partial charge in [0.25, 0.3) is 0 Å². The van der Waals surface area contributed by atoms with E-state index in [0.29, 0.717) is 26.2 Å². The first-order valence-corrected chi connectivity index (χ1v) is 7.26. The van der Waals surface area contributed by atoms with Gasteiger partial charge in [0.05, 0.1) is 13.1 Å². The molecule has 1 aromatic heterocycles. The molecule has 1 saturated heterocycles. The zero-order chi connectivity index (χ0) is 13.7. The highest BCUT2D eigenvalue weighted by atomic mass is 32.1. The van der Waals surface area contributed by atoms with Crippen LogP contribution < -0.4 is 10.6 Å². The van der Waals surface area contributed by atoms with Crippen LogP contribution in [0.2, 0.25) is 0 Å². The molecular weight excluding hydrogens is 262 g/mol. The fraction of sp³-hybridized carbons (Fsp3) is 0.538. The van der Waals surface area contributed by atoms with Gasteiger partial charge in [-0.15, -0.1) is 11.3 Å². The Hall–Kier alpha value is -1.40. The first-order valence-electron chi connectivity index (χ1n) is 6.44. The highest BCUT2D eigenvalue weighted by Gasteiger charge is 2.18. The number of nitrogens with zero attached hydrogens (tertiary/aromatic N) is 1. The number of carbonyl (C=O) groups is 2. The Labute approximate surface area is 117 Å². The topological polar surface area (TPSA) is 61.4 Å². The molecule has 0 atom stereocenters. The Morgan fingerprint density at radius 1 is 1.53 bits per heavy atom. The molecule has 0 aliphatic carbocycles. The van der Waals surface area contributed by atoms with Crippen molar-refractivity contribution < 1.29 is 9.59 Å². The van der Waals surface area contributed by atoms with Gasteiger partial charge in [-0.2, -0.15) is 0 Å². The molecule has 0 bridgehead atoms. The number of piperazine rings is 1. The number of aryl methyl sites for hydroxylation is 1. The van der Waals surface area contributed by atoms with E-state index in [2.05, 4.69) is 29.7 Å². The summed E-state index contributed by atoms with van der Waals surface area (Å²) >= 11 is 1.76. The second kappa shape index (κ2) is 6.68. The molecule has 0 saturated carbocycles. The summed E-state index contributed by atoms with van der Waals surface area (Å²) in [7, 11) is 0. The molecule has 0 radical (unpaired) electrons. The van der Waals surface area contributed by atoms with Gasteiger partial charge in [0, 0.05) is 29.4 Å². The van der Waals surface area contributed by atoms with E-state index in [-0.39, 0.29) is 11.8 Å². The van der Waals surface area contributed by atoms with Crippen molar-refractivity contribution in [3.05, 3.63) is 21.9 Å². The van der Waals surface area contributed by atoms with Crippen molar-refractivity contribution in [2.75, 3.05) is 32.7 Å². The molecule has 1 aromatic rings. The largest absolute Gasteiger partial charge is 0.355 e. The molecule has 2 heterocycles. The molecule has 5 nitrogen and oxygen atoms in total. The van der Waals surface area contributed by atoms with Crippen molar-refractivity contribution in [2.45, 2.75) is 13.3 Å². The van der Waals surface area contributed by atoms with Gasteiger partial charge in [0.2, 0.25) is 11.8 Å². The Kier molecular flexibility index (Phi) is 4.93. The average Bonchev–Trinajstić information content (AvgIpc) is 2.75. The quantitative estimate of drug-likeness (QED) is 0.807. The normalized spacial score (nSPS) is 16.2. The molecule has 2 amide bonds. The molecule has 0 unspecified atom stereocenters. The lowest BCUT2D eigenvalue weighted by molar-refractivity contribution is -0.126. The monoisotopic (exact) mass is 281 g/mol. The first-order chi connectivity index (χ1) is 9.13. The van der Waals surface area contributed by atoms with Gasteiger partial charge in [-0.3, -0.25) is 14.5 Å². The van der Waals surface area contributed by atoms with E-state index in [4.69, 9.17) is 0 Å². The van der Waals surface area contributed by atoms with Crippen molar-refractivity contribution >= 4 is 23.2 Å². The van der Waals surface area contributed by atoms with E-state index in [1.54, 1.807) is 11.3 Å². The second-order valence-corrected chi connectivity index (χ2v) is 6.05. The van der Waals surface area contributed by atoms with Crippen LogP contribution in [0.1, 0.15) is 9.75 Å². The molecule has 2 rings (SSSR count). The lowest BCUT2D eigenvalue weighted by atomic mass is 10.3. The van der Waals surface area contributed by atoms with Crippen LogP contribution in [0.25, 0.3) is 0 Å². The molecule has 104 valence electrons. The second-order valence-electron chi connectivity index (χ2n) is 4.67. The predicted octanol–water partition coefficient (Wildman–Crippen LogP) is 0.147. The number of nitrogens with one attached hydrogen (secondary N) is 2. The predicted molar refractivity (Wildman–Crippen MR) is 75.2 cm³/mol. The van der Waals surface area contributed by atoms with Gasteiger partial charge >= 0.3 is 0 Å². The lowest BCUT2D eigenvalue weighted by Crippen LogP contribution is -2.50. The average molecular weight is 281 g/mol. The van der Waals surface area contributed by atoms with Crippen molar-refractivity contribution in [3.63, 3.8) is 0 Å². The van der Waals surface area contributed by atoms with Gasteiger partial charge in [-0.1, -0.05) is 0 Å². The minimum atomic E-state index is -0.0111. The fourth-order valence-corrected chi connectivity index (χ4v) is 2.92. The Morgan fingerprint density at radius 3 is 3.05 bits per heavy atom. The van der Waals surface area contributed by atoms with Gasteiger partial charge in [0.1, 0.15) is 0 Å². The first kappa shape index (κ1) is 14.0. The van der Waals surface area contributed by atoms with E-state index < -0.39 is 0 Å². The number of hydrogen-bond donors (Lipinski definition) is 2. The van der Waals surface area contributed by atoms with E-state index in [1.807, 2.05) is 4.90 Å². The molecular formula is C13H19N3O2S. The third kappa shape index (κ3) is 4.65. The van der Waals surface area contributed by atoms with Crippen LogP contribution in [0, 0.1) is 6.92 Å². The zero-order valence-electron chi connectivity index (χ0n) is 11.1. The van der Waals surface area contributed by atoms with Crippen LogP contribution in [0.15, 0.2) is 12.1 Å². The van der Waals surface area contributed by atoms with Crippen LogP contribution >= 0.6 is 11.3 Å². The van der Waals surface area contributed by atoms with Gasteiger partial charge < -0.3 is 10.6 Å². The Morgan fingerprint density at radius 2 is 2.37 bits per heavy atom. The number of amides is 2. The summed E-state index contributed by atoms with van der Waals surface area (Å²) in [5.41, 5.74) is 0. The number of carbonyl (C=O) groups excluding carboxylic acids is 2. The summed E-state index contributed by atoms with van der Waals surface area (Å²) in [4.78, 5) is 27.3. The zero-order valence-corrected chi connectivity index (χ0v) is 11.9. The Balaban J connectivity index is 1.65. The van der Waals surface area contributed by atoms with Gasteiger partial charge in [0.15, 0.2) is 0 Å². The van der Waals surface area contributed by atoms with Crippen molar-refractivity contribution in [3.8, 4) is 0 Å². The molecule has 1 aliphatic rings. The maximum Gasteiger partial charge on any atom is 0.234 e. The SMILES string of the molecule is Cc1ccc(CCNC(=O)CN2CCNC(=O)C2)s1. The smallest absolute Gasteiger partial charge is 0.234 e. The fourth-order valence-electron chi connectivity index (χ4n) is 2.03. The van der Waals surface area contributed by atoms with Gasteiger partial charge in [-0.25, -0.2) is 0 Å². The lowest BCUT2D eigenvalue weighted by Gasteiger charge is -2.25. The standard InChI is InChI=1S/C13H19N3O2S/c1-10-2-3-11(19-10)4-5-14-12(17)8-16-7-6-15-13(18)9-16/h2-3H,4-9H2,1H3,(H,14,17)(H,15,18). The maximum absolute atomic E-state index is 11.7. The van der Waals surface area contributed by atoms with Crippen LogP contribution in [-0.2, 0) is 16.0 Å². The third-order valence-electron chi connectivity index (χ3n) is 2.97. The van der Waals surface area contributed by atoms with Crippen molar-refractivity contribution in [2.24, 2.45) is 0 Å². The number of hydrogen-bond acceptors (Lipinski definition) is 4. The summed E-state index contributed by atoms with van der Waals surface area (Å²) < 4.78 is 0. The highest BCUT2D eigenvalue weighted by Crippen LogP contribution is 2.14. The molecule has 0 spiro atoms. The van der Waals surface area contributed by atoms with Crippen molar-refractivity contribution in [1.82, 2.24) is 15.5 Å². The maximum atomic E-state index is 11.7. The summed E-state index contributed by atoms with van der Waals surface area (Å²) in [5, 5.41) is 5.64. The van der Waals surface area contributed by atoms with Gasteiger partial charge in [-0.05, 0) is 25.5 Å². The number of rotatable bonds is 5. The molecule has 19 heavy (non-hydrogen) atoms. The summed E-state index contributed by atoms with van der Waals surface area (Å²) in [6.07, 6.45) is 0.866. The summed E-state index contributed by atoms with van der Waals surface area (Å²) in [5.74, 6) is -0.0175. The minimum Gasteiger partial charge on any atom is -0.355 e. The minimum absolute atomic E-state index is 0.00638. The van der Waals surface area contributed by atoms with E-state index in [0.717, 1.165) is 13.0 Å². The summed E-state index contributed by atoms with van der Waals surface area (Å²) in [6.45, 7) is 4.71. The molecule has 6 heteroatoms. The van der Waals surface area contributed by atoms with Crippen LogP contribution in [-0.4, -0.2) is 49.4 Å². The van der Waals surface area contributed by atoms with Crippen LogP contribution in [0.4, 0.5) is 0 Å². The Bertz CT molecular complexity index is 458.